The third kappa shape index (κ3) is 2.81. The van der Waals surface area contributed by atoms with Gasteiger partial charge in [0.1, 0.15) is 5.15 Å². The Balaban J connectivity index is 2.12. The average Bonchev–Trinajstić information content (AvgIpc) is 2.30. The van der Waals surface area contributed by atoms with Crippen molar-refractivity contribution in [2.75, 3.05) is 0 Å². The lowest BCUT2D eigenvalue weighted by atomic mass is 10.0. The molecule has 1 aromatic heterocycles. The van der Waals surface area contributed by atoms with Crippen LogP contribution in [0.4, 0.5) is 0 Å². The maximum atomic E-state index is 10.0. The Morgan fingerprint density at radius 2 is 1.94 bits per heavy atom. The maximum absolute atomic E-state index is 10.0. The molecule has 0 radical (unpaired) electrons. The van der Waals surface area contributed by atoms with Crippen molar-refractivity contribution in [3.05, 3.63) is 64.9 Å². The summed E-state index contributed by atoms with van der Waals surface area (Å²) in [6.45, 7) is 0. The molecule has 0 aliphatic heterocycles. The van der Waals surface area contributed by atoms with Gasteiger partial charge in [-0.1, -0.05) is 41.9 Å². The van der Waals surface area contributed by atoms with Crippen LogP contribution in [0.3, 0.4) is 0 Å². The van der Waals surface area contributed by atoms with Crippen LogP contribution < -0.4 is 0 Å². The molecule has 3 heteroatoms. The largest absolute Gasteiger partial charge is 0.388 e. The molecular weight excluding hydrogens is 222 g/mol. The zero-order valence-electron chi connectivity index (χ0n) is 8.68. The molecule has 2 nitrogen and oxygen atoms in total. The van der Waals surface area contributed by atoms with Gasteiger partial charge in [0.2, 0.25) is 0 Å². The highest BCUT2D eigenvalue weighted by atomic mass is 35.5. The van der Waals surface area contributed by atoms with Crippen LogP contribution in [0.5, 0.6) is 0 Å². The second-order valence-electron chi connectivity index (χ2n) is 3.62. The van der Waals surface area contributed by atoms with E-state index in [-0.39, 0.29) is 0 Å². The summed E-state index contributed by atoms with van der Waals surface area (Å²) in [7, 11) is 0. The lowest BCUT2D eigenvalue weighted by molar-refractivity contribution is 0.178. The van der Waals surface area contributed by atoms with Crippen LogP contribution >= 0.6 is 11.6 Å². The van der Waals surface area contributed by atoms with Crippen LogP contribution in [-0.4, -0.2) is 10.1 Å². The normalized spacial score (nSPS) is 12.4. The Labute approximate surface area is 99.5 Å². The predicted octanol–water partition coefficient (Wildman–Crippen LogP) is 3.01. The fourth-order valence-electron chi connectivity index (χ4n) is 1.58. The minimum atomic E-state index is -0.539. The molecular formula is C13H12ClNO. The molecule has 1 N–H and O–H groups in total. The van der Waals surface area contributed by atoms with Gasteiger partial charge in [0.15, 0.2) is 0 Å². The van der Waals surface area contributed by atoms with Gasteiger partial charge < -0.3 is 5.11 Å². The van der Waals surface area contributed by atoms with Crippen LogP contribution in [0.15, 0.2) is 48.7 Å². The Hall–Kier alpha value is -1.38. The maximum Gasteiger partial charge on any atom is 0.129 e. The molecule has 0 amide bonds. The SMILES string of the molecule is OC(Cc1ccccc1)c1ccnc(Cl)c1. The molecule has 0 bridgehead atoms. The second kappa shape index (κ2) is 5.10. The molecule has 0 aliphatic carbocycles. The summed E-state index contributed by atoms with van der Waals surface area (Å²) in [6.07, 6.45) is 1.65. The highest BCUT2D eigenvalue weighted by Gasteiger charge is 2.08. The molecule has 0 spiro atoms. The van der Waals surface area contributed by atoms with Gasteiger partial charge in [0.05, 0.1) is 6.10 Å². The van der Waals surface area contributed by atoms with Crippen LogP contribution in [0, 0.1) is 0 Å². The lowest BCUT2D eigenvalue weighted by Crippen LogP contribution is -2.01. The lowest BCUT2D eigenvalue weighted by Gasteiger charge is -2.10. The standard InChI is InChI=1S/C13H12ClNO/c14-13-9-11(6-7-15-13)12(16)8-10-4-2-1-3-5-10/h1-7,9,12,16H,8H2. The average molecular weight is 234 g/mol. The molecule has 0 saturated carbocycles. The van der Waals surface area contributed by atoms with Gasteiger partial charge in [-0.2, -0.15) is 0 Å². The van der Waals surface area contributed by atoms with Crippen molar-refractivity contribution in [1.29, 1.82) is 0 Å². The first kappa shape index (κ1) is 11.1. The molecule has 1 heterocycles. The zero-order chi connectivity index (χ0) is 11.4. The molecule has 2 aromatic rings. The number of halogens is 1. The quantitative estimate of drug-likeness (QED) is 0.827. The predicted molar refractivity (Wildman–Crippen MR) is 64.4 cm³/mol. The van der Waals surface area contributed by atoms with E-state index in [2.05, 4.69) is 4.98 Å². The van der Waals surface area contributed by atoms with Gasteiger partial charge in [-0.3, -0.25) is 0 Å². The van der Waals surface area contributed by atoms with Crippen LogP contribution in [0.2, 0.25) is 5.15 Å². The number of aliphatic hydroxyl groups excluding tert-OH is 1. The Kier molecular flexibility index (Phi) is 3.54. The molecule has 1 aromatic carbocycles. The highest BCUT2D eigenvalue weighted by Crippen LogP contribution is 2.19. The summed E-state index contributed by atoms with van der Waals surface area (Å²) in [5.41, 5.74) is 1.90. The van der Waals surface area contributed by atoms with E-state index in [1.807, 2.05) is 30.3 Å². The first-order chi connectivity index (χ1) is 7.75. The monoisotopic (exact) mass is 233 g/mol. The Morgan fingerprint density at radius 3 is 2.62 bits per heavy atom. The van der Waals surface area contributed by atoms with Gasteiger partial charge in [-0.05, 0) is 23.3 Å². The number of nitrogens with zero attached hydrogens (tertiary/aromatic N) is 1. The van der Waals surface area contributed by atoms with Crippen molar-refractivity contribution in [2.24, 2.45) is 0 Å². The van der Waals surface area contributed by atoms with Crippen molar-refractivity contribution in [3.63, 3.8) is 0 Å². The molecule has 1 unspecified atom stereocenters. The molecule has 0 aliphatic rings. The number of pyridine rings is 1. The summed E-state index contributed by atoms with van der Waals surface area (Å²) in [4.78, 5) is 3.88. The first-order valence-electron chi connectivity index (χ1n) is 5.09. The van der Waals surface area contributed by atoms with E-state index in [1.54, 1.807) is 18.3 Å². The third-order valence-electron chi connectivity index (χ3n) is 2.41. The van der Waals surface area contributed by atoms with Crippen molar-refractivity contribution in [3.8, 4) is 0 Å². The summed E-state index contributed by atoms with van der Waals surface area (Å²) < 4.78 is 0. The van der Waals surface area contributed by atoms with Gasteiger partial charge >= 0.3 is 0 Å². The number of benzene rings is 1. The second-order valence-corrected chi connectivity index (χ2v) is 4.00. The van der Waals surface area contributed by atoms with Crippen molar-refractivity contribution >= 4 is 11.6 Å². The Bertz CT molecular complexity index is 458. The van der Waals surface area contributed by atoms with Crippen LogP contribution in [0.25, 0.3) is 0 Å². The van der Waals surface area contributed by atoms with E-state index in [9.17, 15) is 5.11 Å². The highest BCUT2D eigenvalue weighted by molar-refractivity contribution is 6.29. The molecule has 0 saturated heterocycles. The minimum absolute atomic E-state index is 0.407. The van der Waals surface area contributed by atoms with Crippen molar-refractivity contribution < 1.29 is 5.11 Å². The molecule has 16 heavy (non-hydrogen) atoms. The van der Waals surface area contributed by atoms with E-state index < -0.39 is 6.10 Å². The van der Waals surface area contributed by atoms with Gasteiger partial charge in [0.25, 0.3) is 0 Å². The van der Waals surface area contributed by atoms with Crippen LogP contribution in [0.1, 0.15) is 17.2 Å². The van der Waals surface area contributed by atoms with Crippen molar-refractivity contribution in [1.82, 2.24) is 4.98 Å². The van der Waals surface area contributed by atoms with E-state index in [4.69, 9.17) is 11.6 Å². The van der Waals surface area contributed by atoms with Gasteiger partial charge in [0, 0.05) is 12.6 Å². The van der Waals surface area contributed by atoms with E-state index in [0.717, 1.165) is 11.1 Å². The van der Waals surface area contributed by atoms with Gasteiger partial charge in [-0.25, -0.2) is 4.98 Å². The van der Waals surface area contributed by atoms with Crippen molar-refractivity contribution in [2.45, 2.75) is 12.5 Å². The summed E-state index contributed by atoms with van der Waals surface area (Å²) in [5.74, 6) is 0. The summed E-state index contributed by atoms with van der Waals surface area (Å²) >= 11 is 5.77. The van der Waals surface area contributed by atoms with Gasteiger partial charge in [-0.15, -0.1) is 0 Å². The molecule has 0 fully saturated rings. The zero-order valence-corrected chi connectivity index (χ0v) is 9.43. The topological polar surface area (TPSA) is 33.1 Å². The summed E-state index contributed by atoms with van der Waals surface area (Å²) in [5, 5.41) is 10.4. The van der Waals surface area contributed by atoms with E-state index >= 15 is 0 Å². The number of aromatic nitrogens is 1. The number of hydrogen-bond acceptors (Lipinski definition) is 2. The minimum Gasteiger partial charge on any atom is -0.388 e. The number of rotatable bonds is 3. The fraction of sp³-hybridized carbons (Fsp3) is 0.154. The fourth-order valence-corrected chi connectivity index (χ4v) is 1.76. The first-order valence-corrected chi connectivity index (χ1v) is 5.47. The molecule has 2 rings (SSSR count). The Morgan fingerprint density at radius 1 is 1.19 bits per heavy atom. The van der Waals surface area contributed by atoms with E-state index in [0.29, 0.717) is 11.6 Å². The molecule has 82 valence electrons. The summed E-state index contributed by atoms with van der Waals surface area (Å²) in [6, 6.07) is 13.3. The van der Waals surface area contributed by atoms with Crippen LogP contribution in [-0.2, 0) is 6.42 Å². The number of aliphatic hydroxyl groups is 1. The molecule has 1 atom stereocenters. The van der Waals surface area contributed by atoms with E-state index in [1.165, 1.54) is 0 Å². The number of hydrogen-bond donors (Lipinski definition) is 1. The smallest absolute Gasteiger partial charge is 0.129 e. The third-order valence-corrected chi connectivity index (χ3v) is 2.61.